The van der Waals surface area contributed by atoms with Gasteiger partial charge in [-0.2, -0.15) is 5.10 Å². The Morgan fingerprint density at radius 1 is 1.24 bits per heavy atom. The van der Waals surface area contributed by atoms with Crippen LogP contribution < -0.4 is 15.6 Å². The van der Waals surface area contributed by atoms with E-state index in [1.54, 1.807) is 24.1 Å². The molecular weight excluding hydrogens is 465 g/mol. The predicted octanol–water partition coefficient (Wildman–Crippen LogP) is 0.820. The van der Waals surface area contributed by atoms with Crippen molar-refractivity contribution in [2.24, 2.45) is 12.5 Å². The van der Waals surface area contributed by atoms with Crippen molar-refractivity contribution < 1.29 is 18.3 Å². The fourth-order valence-electron chi connectivity index (χ4n) is 4.50. The van der Waals surface area contributed by atoms with Crippen LogP contribution in [0.1, 0.15) is 31.2 Å². The van der Waals surface area contributed by atoms with E-state index in [4.69, 9.17) is 0 Å². The first-order valence-electron chi connectivity index (χ1n) is 11.0. The number of aliphatic hydroxyl groups excluding tert-OH is 1. The van der Waals surface area contributed by atoms with Crippen molar-refractivity contribution in [2.45, 2.75) is 44.3 Å². The van der Waals surface area contributed by atoms with Crippen LogP contribution in [0.3, 0.4) is 0 Å². The van der Waals surface area contributed by atoms with Gasteiger partial charge in [-0.3, -0.25) is 27.1 Å². The number of benzene rings is 1. The van der Waals surface area contributed by atoms with Gasteiger partial charge in [0.15, 0.2) is 0 Å². The van der Waals surface area contributed by atoms with Gasteiger partial charge in [0.1, 0.15) is 6.67 Å². The summed E-state index contributed by atoms with van der Waals surface area (Å²) in [5.74, 6) is 0. The lowest BCUT2D eigenvalue weighted by Crippen LogP contribution is -2.42. The van der Waals surface area contributed by atoms with Crippen LogP contribution in [0.15, 0.2) is 40.2 Å². The molecule has 0 bridgehead atoms. The van der Waals surface area contributed by atoms with Gasteiger partial charge in [0.25, 0.3) is 5.56 Å². The molecule has 0 spiro atoms. The van der Waals surface area contributed by atoms with Crippen molar-refractivity contribution >= 4 is 27.9 Å². The molecule has 3 aromatic rings. The minimum Gasteiger partial charge on any atom is -0.755 e. The monoisotopic (exact) mass is 490 g/mol. The standard InChI is InChI=1S/C22H26FN5O5S/c1-25-10-15(9-24-25)11-26-19(30)17-8-16(28(34(32)33)22(12-23)6-7-22)2-3-18(17)27(20(26)31)13-21(14-29)4-5-21/h2-3,8-10,29H,4-7,11-14H2,1H3,(H,32,33)/p-1. The van der Waals surface area contributed by atoms with Gasteiger partial charge < -0.3 is 9.66 Å². The molecule has 2 fully saturated rings. The lowest BCUT2D eigenvalue weighted by atomic mass is 10.1. The smallest absolute Gasteiger partial charge is 0.331 e. The number of nitrogens with zero attached hydrogens (tertiary/aromatic N) is 5. The van der Waals surface area contributed by atoms with Crippen LogP contribution in [0, 0.1) is 5.41 Å². The van der Waals surface area contributed by atoms with E-state index in [1.807, 2.05) is 0 Å². The Hall–Kier alpha value is -2.83. The lowest BCUT2D eigenvalue weighted by Gasteiger charge is -2.33. The second-order valence-electron chi connectivity index (χ2n) is 9.51. The van der Waals surface area contributed by atoms with Crippen LogP contribution in [0.25, 0.3) is 10.9 Å². The Bertz CT molecular complexity index is 1400. The maximum atomic E-state index is 13.7. The van der Waals surface area contributed by atoms with E-state index in [9.17, 15) is 27.8 Å². The van der Waals surface area contributed by atoms with E-state index in [-0.39, 0.29) is 30.8 Å². The van der Waals surface area contributed by atoms with Crippen LogP contribution in [-0.4, -0.2) is 51.6 Å². The molecule has 0 amide bonds. The minimum absolute atomic E-state index is 0.0105. The highest BCUT2D eigenvalue weighted by atomic mass is 32.2. The van der Waals surface area contributed by atoms with Crippen LogP contribution in [0.4, 0.5) is 10.1 Å². The molecule has 2 aliphatic carbocycles. The van der Waals surface area contributed by atoms with Gasteiger partial charge in [-0.1, -0.05) is 0 Å². The number of hydrogen-bond acceptors (Lipinski definition) is 6. The first kappa shape index (κ1) is 22.9. The SMILES string of the molecule is Cn1cc(Cn2c(=O)c3cc(N(S(=O)[O-])C4(CF)CC4)ccc3n(CC3(CO)CC3)c2=O)cn1. The molecule has 2 aromatic heterocycles. The van der Waals surface area contributed by atoms with E-state index in [2.05, 4.69) is 5.10 Å². The molecule has 0 radical (unpaired) electrons. The van der Waals surface area contributed by atoms with E-state index in [0.29, 0.717) is 23.9 Å². The zero-order valence-corrected chi connectivity index (χ0v) is 19.5. The van der Waals surface area contributed by atoms with E-state index >= 15 is 0 Å². The molecule has 10 nitrogen and oxygen atoms in total. The molecule has 1 atom stereocenters. The zero-order chi connectivity index (χ0) is 24.3. The Balaban J connectivity index is 1.70. The maximum absolute atomic E-state index is 13.7. The first-order valence-corrected chi connectivity index (χ1v) is 12.1. The summed E-state index contributed by atoms with van der Waals surface area (Å²) in [5.41, 5.74) is -1.45. The Morgan fingerprint density at radius 2 is 1.97 bits per heavy atom. The van der Waals surface area contributed by atoms with Gasteiger partial charge in [-0.05, 0) is 43.9 Å². The van der Waals surface area contributed by atoms with Crippen LogP contribution >= 0.6 is 0 Å². The summed E-state index contributed by atoms with van der Waals surface area (Å²) in [6.45, 7) is -0.688. The van der Waals surface area contributed by atoms with Gasteiger partial charge in [0.2, 0.25) is 0 Å². The molecular formula is C22H25FN5O5S-. The summed E-state index contributed by atoms with van der Waals surface area (Å²) in [7, 11) is 1.73. The molecule has 2 saturated carbocycles. The Labute approximate surface area is 196 Å². The molecule has 0 saturated heterocycles. The number of aliphatic hydroxyl groups is 1. The highest BCUT2D eigenvalue weighted by molar-refractivity contribution is 7.80. The topological polar surface area (TPSA) is 125 Å². The summed E-state index contributed by atoms with van der Waals surface area (Å²) >= 11 is -2.74. The molecule has 5 rings (SSSR count). The zero-order valence-electron chi connectivity index (χ0n) is 18.6. The van der Waals surface area contributed by atoms with Gasteiger partial charge in [0, 0.05) is 47.7 Å². The fraction of sp³-hybridized carbons (Fsp3) is 0.500. The summed E-state index contributed by atoms with van der Waals surface area (Å²) in [6.07, 6.45) is 5.57. The summed E-state index contributed by atoms with van der Waals surface area (Å²) in [5, 5.41) is 14.1. The van der Waals surface area contributed by atoms with E-state index < -0.39 is 40.1 Å². The third-order valence-corrected chi connectivity index (χ3v) is 7.88. The number of anilines is 1. The predicted molar refractivity (Wildman–Crippen MR) is 123 cm³/mol. The largest absolute Gasteiger partial charge is 0.755 e. The molecule has 1 unspecified atom stereocenters. The fourth-order valence-corrected chi connectivity index (χ4v) is 5.33. The molecule has 2 aliphatic rings. The number of aryl methyl sites for hydroxylation is 1. The second kappa shape index (κ2) is 8.14. The summed E-state index contributed by atoms with van der Waals surface area (Å²) in [4.78, 5) is 26.9. The van der Waals surface area contributed by atoms with Gasteiger partial charge in [0.05, 0.1) is 35.8 Å². The van der Waals surface area contributed by atoms with Crippen molar-refractivity contribution in [1.29, 1.82) is 0 Å². The third-order valence-electron chi connectivity index (χ3n) is 6.98. The van der Waals surface area contributed by atoms with E-state index in [0.717, 1.165) is 21.7 Å². The normalized spacial score (nSPS) is 18.7. The first-order chi connectivity index (χ1) is 16.2. The van der Waals surface area contributed by atoms with Crippen molar-refractivity contribution in [3.05, 3.63) is 57.0 Å². The minimum atomic E-state index is -2.74. The summed E-state index contributed by atoms with van der Waals surface area (Å²) < 4.78 is 42.9. The highest BCUT2D eigenvalue weighted by Gasteiger charge is 2.49. The molecule has 1 N–H and O–H groups in total. The molecule has 182 valence electrons. The van der Waals surface area contributed by atoms with E-state index in [1.165, 1.54) is 22.8 Å². The average molecular weight is 491 g/mol. The van der Waals surface area contributed by atoms with Crippen molar-refractivity contribution in [3.63, 3.8) is 0 Å². The highest BCUT2D eigenvalue weighted by Crippen LogP contribution is 2.47. The molecule has 34 heavy (non-hydrogen) atoms. The number of fused-ring (bicyclic) bond motifs is 1. The number of rotatable bonds is 9. The number of halogens is 1. The van der Waals surface area contributed by atoms with Crippen LogP contribution in [0.2, 0.25) is 0 Å². The van der Waals surface area contributed by atoms with Crippen LogP contribution in [0.5, 0.6) is 0 Å². The molecule has 12 heteroatoms. The van der Waals surface area contributed by atoms with Crippen LogP contribution in [-0.2, 0) is 31.4 Å². The quantitative estimate of drug-likeness (QED) is 0.443. The number of aromatic nitrogens is 4. The third kappa shape index (κ3) is 3.79. The molecule has 0 aliphatic heterocycles. The average Bonchev–Trinajstić information content (AvgIpc) is 3.73. The summed E-state index contributed by atoms with van der Waals surface area (Å²) in [6, 6.07) is 4.44. The van der Waals surface area contributed by atoms with Gasteiger partial charge in [-0.25, -0.2) is 9.18 Å². The maximum Gasteiger partial charge on any atom is 0.331 e. The van der Waals surface area contributed by atoms with Gasteiger partial charge >= 0.3 is 5.69 Å². The van der Waals surface area contributed by atoms with Crippen molar-refractivity contribution in [3.8, 4) is 0 Å². The number of hydrogen-bond donors (Lipinski definition) is 1. The Morgan fingerprint density at radius 3 is 2.50 bits per heavy atom. The van der Waals surface area contributed by atoms with Gasteiger partial charge in [-0.15, -0.1) is 0 Å². The molecule has 2 heterocycles. The molecule has 1 aromatic carbocycles. The second-order valence-corrected chi connectivity index (χ2v) is 10.3. The van der Waals surface area contributed by atoms with Crippen molar-refractivity contribution in [2.75, 3.05) is 17.6 Å². The lowest BCUT2D eigenvalue weighted by molar-refractivity contribution is 0.194. The van der Waals surface area contributed by atoms with Crippen molar-refractivity contribution in [1.82, 2.24) is 18.9 Å². The Kier molecular flexibility index (Phi) is 5.49. The number of alkyl halides is 1.